The van der Waals surface area contributed by atoms with E-state index >= 15 is 0 Å². The molecule has 2 heterocycles. The average molecular weight is 277 g/mol. The summed E-state index contributed by atoms with van der Waals surface area (Å²) in [7, 11) is 3.13. The predicted octanol–water partition coefficient (Wildman–Crippen LogP) is 1.69. The zero-order valence-corrected chi connectivity index (χ0v) is 12.2. The Balaban J connectivity index is 2.38. The van der Waals surface area contributed by atoms with Crippen LogP contribution in [0.15, 0.2) is 29.5 Å². The molecule has 0 saturated carbocycles. The van der Waals surface area contributed by atoms with Gasteiger partial charge in [-0.2, -0.15) is 0 Å². The van der Waals surface area contributed by atoms with Gasteiger partial charge in [-0.1, -0.05) is 0 Å². The quantitative estimate of drug-likeness (QED) is 0.834. The molecule has 2 aromatic rings. The van der Waals surface area contributed by atoms with Gasteiger partial charge in [0.2, 0.25) is 0 Å². The molecule has 6 heteroatoms. The predicted molar refractivity (Wildman–Crippen MR) is 75.5 cm³/mol. The van der Waals surface area contributed by atoms with Crippen LogP contribution in [0.5, 0.6) is 11.5 Å². The van der Waals surface area contributed by atoms with Crippen LogP contribution in [0.2, 0.25) is 0 Å². The van der Waals surface area contributed by atoms with Crippen molar-refractivity contribution in [3.05, 3.63) is 40.8 Å². The van der Waals surface area contributed by atoms with Crippen molar-refractivity contribution in [2.24, 2.45) is 0 Å². The van der Waals surface area contributed by atoms with Crippen LogP contribution in [0.1, 0.15) is 25.6 Å². The van der Waals surface area contributed by atoms with Crippen molar-refractivity contribution < 1.29 is 9.47 Å². The molecule has 0 amide bonds. The fourth-order valence-electron chi connectivity index (χ4n) is 2.07. The van der Waals surface area contributed by atoms with Gasteiger partial charge in [0.15, 0.2) is 11.5 Å². The van der Waals surface area contributed by atoms with Crippen LogP contribution in [0.4, 0.5) is 0 Å². The highest BCUT2D eigenvalue weighted by molar-refractivity contribution is 5.42. The Labute approximate surface area is 117 Å². The van der Waals surface area contributed by atoms with E-state index in [-0.39, 0.29) is 11.7 Å². The summed E-state index contributed by atoms with van der Waals surface area (Å²) in [4.78, 5) is 16.5. The van der Waals surface area contributed by atoms with Crippen molar-refractivity contribution in [1.82, 2.24) is 14.1 Å². The molecule has 0 fully saturated rings. The van der Waals surface area contributed by atoms with Crippen molar-refractivity contribution >= 4 is 0 Å². The van der Waals surface area contributed by atoms with Crippen molar-refractivity contribution in [3.63, 3.8) is 0 Å². The first-order chi connectivity index (χ1) is 9.58. The Morgan fingerprint density at radius 3 is 2.55 bits per heavy atom. The molecule has 2 aromatic heterocycles. The first kappa shape index (κ1) is 14.2. The van der Waals surface area contributed by atoms with Gasteiger partial charge in [-0.05, 0) is 13.8 Å². The van der Waals surface area contributed by atoms with E-state index in [1.54, 1.807) is 48.0 Å². The number of aromatic nitrogens is 3. The third-order valence-corrected chi connectivity index (χ3v) is 3.12. The third kappa shape index (κ3) is 2.54. The summed E-state index contributed by atoms with van der Waals surface area (Å²) in [5.74, 6) is 1.16. The number of nitrogens with zero attached hydrogens (tertiary/aromatic N) is 3. The smallest absolute Gasteiger partial charge is 0.328 e. The molecule has 0 aliphatic rings. The fourth-order valence-corrected chi connectivity index (χ4v) is 2.07. The van der Waals surface area contributed by atoms with Crippen molar-refractivity contribution in [3.8, 4) is 11.5 Å². The third-order valence-electron chi connectivity index (χ3n) is 3.12. The second kappa shape index (κ2) is 5.81. The van der Waals surface area contributed by atoms with E-state index < -0.39 is 0 Å². The Morgan fingerprint density at radius 2 is 2.00 bits per heavy atom. The van der Waals surface area contributed by atoms with Crippen LogP contribution < -0.4 is 15.2 Å². The number of ether oxygens (including phenoxy) is 2. The topological polar surface area (TPSA) is 58.3 Å². The number of rotatable bonds is 5. The van der Waals surface area contributed by atoms with E-state index in [1.165, 1.54) is 0 Å². The van der Waals surface area contributed by atoms with Gasteiger partial charge in [-0.15, -0.1) is 0 Å². The summed E-state index contributed by atoms with van der Waals surface area (Å²) in [6.45, 7) is 4.28. The normalized spacial score (nSPS) is 10.8. The van der Waals surface area contributed by atoms with Crippen LogP contribution >= 0.6 is 0 Å². The van der Waals surface area contributed by atoms with E-state index in [0.717, 1.165) is 0 Å². The van der Waals surface area contributed by atoms with E-state index in [9.17, 15) is 4.79 Å². The molecule has 108 valence electrons. The monoisotopic (exact) mass is 277 g/mol. The molecule has 0 radical (unpaired) electrons. The zero-order valence-electron chi connectivity index (χ0n) is 12.2. The van der Waals surface area contributed by atoms with Crippen LogP contribution in [-0.2, 0) is 6.54 Å². The van der Waals surface area contributed by atoms with E-state index in [0.29, 0.717) is 23.7 Å². The van der Waals surface area contributed by atoms with Crippen LogP contribution in [0.25, 0.3) is 0 Å². The lowest BCUT2D eigenvalue weighted by molar-refractivity contribution is 0.348. The van der Waals surface area contributed by atoms with E-state index in [1.807, 2.05) is 13.8 Å². The largest absolute Gasteiger partial charge is 0.493 e. The van der Waals surface area contributed by atoms with E-state index in [4.69, 9.17) is 9.47 Å². The highest BCUT2D eigenvalue weighted by atomic mass is 16.5. The minimum atomic E-state index is -0.0633. The molecule has 20 heavy (non-hydrogen) atoms. The Hall–Kier alpha value is -2.24. The summed E-state index contributed by atoms with van der Waals surface area (Å²) < 4.78 is 13.8. The fraction of sp³-hybridized carbons (Fsp3) is 0.429. The summed E-state index contributed by atoms with van der Waals surface area (Å²) in [6, 6.07) is 1.86. The van der Waals surface area contributed by atoms with Crippen molar-refractivity contribution in [1.29, 1.82) is 0 Å². The Morgan fingerprint density at radius 1 is 1.25 bits per heavy atom. The lowest BCUT2D eigenvalue weighted by atomic mass is 10.3. The molecule has 0 saturated heterocycles. The van der Waals surface area contributed by atoms with Gasteiger partial charge in [0.1, 0.15) is 5.69 Å². The minimum Gasteiger partial charge on any atom is -0.493 e. The molecule has 0 spiro atoms. The highest BCUT2D eigenvalue weighted by Gasteiger charge is 2.13. The summed E-state index contributed by atoms with van der Waals surface area (Å²) in [5, 5.41) is 0. The molecular weight excluding hydrogens is 258 g/mol. The number of imidazole rings is 1. The second-order valence-electron chi connectivity index (χ2n) is 4.70. The lowest BCUT2D eigenvalue weighted by Gasteiger charge is -2.11. The molecule has 0 N–H and O–H groups in total. The standard InChI is InChI=1S/C14H19N3O3/c1-10(2)17-8-7-16(14(17)18)9-11-13(20-4)12(19-3)5-6-15-11/h5-8,10H,9H2,1-4H3. The van der Waals surface area contributed by atoms with Gasteiger partial charge in [0.05, 0.1) is 20.8 Å². The second-order valence-corrected chi connectivity index (χ2v) is 4.70. The minimum absolute atomic E-state index is 0.0633. The van der Waals surface area contributed by atoms with Crippen LogP contribution in [0, 0.1) is 0 Å². The summed E-state index contributed by atoms with van der Waals surface area (Å²) in [5.41, 5.74) is 0.599. The summed E-state index contributed by atoms with van der Waals surface area (Å²) in [6.07, 6.45) is 5.17. The maximum Gasteiger partial charge on any atom is 0.328 e. The number of pyridine rings is 1. The molecule has 6 nitrogen and oxygen atoms in total. The maximum absolute atomic E-state index is 12.2. The van der Waals surface area contributed by atoms with Crippen LogP contribution in [-0.4, -0.2) is 28.3 Å². The highest BCUT2D eigenvalue weighted by Crippen LogP contribution is 2.29. The number of hydrogen-bond donors (Lipinski definition) is 0. The van der Waals surface area contributed by atoms with Gasteiger partial charge < -0.3 is 9.47 Å². The average Bonchev–Trinajstić information content (AvgIpc) is 2.80. The van der Waals surface area contributed by atoms with Gasteiger partial charge in [0, 0.05) is 30.7 Å². The zero-order chi connectivity index (χ0) is 14.7. The summed E-state index contributed by atoms with van der Waals surface area (Å²) >= 11 is 0. The van der Waals surface area contributed by atoms with Gasteiger partial charge in [0.25, 0.3) is 0 Å². The lowest BCUT2D eigenvalue weighted by Crippen LogP contribution is -2.26. The molecule has 0 atom stereocenters. The Bertz CT molecular complexity index is 643. The first-order valence-corrected chi connectivity index (χ1v) is 6.41. The van der Waals surface area contributed by atoms with Gasteiger partial charge >= 0.3 is 5.69 Å². The van der Waals surface area contributed by atoms with Crippen molar-refractivity contribution in [2.75, 3.05) is 14.2 Å². The van der Waals surface area contributed by atoms with Crippen molar-refractivity contribution in [2.45, 2.75) is 26.4 Å². The molecule has 0 aliphatic heterocycles. The van der Waals surface area contributed by atoms with Gasteiger partial charge in [-0.25, -0.2) is 4.79 Å². The van der Waals surface area contributed by atoms with Gasteiger partial charge in [-0.3, -0.25) is 14.1 Å². The molecular formula is C14H19N3O3. The van der Waals surface area contributed by atoms with Crippen LogP contribution in [0.3, 0.4) is 0 Å². The number of methoxy groups -OCH3 is 2. The van der Waals surface area contributed by atoms with E-state index in [2.05, 4.69) is 4.98 Å². The molecule has 0 bridgehead atoms. The first-order valence-electron chi connectivity index (χ1n) is 6.41. The molecule has 2 rings (SSSR count). The molecule has 0 unspecified atom stereocenters. The SMILES string of the molecule is COc1ccnc(Cn2ccn(C(C)C)c2=O)c1OC. The Kier molecular flexibility index (Phi) is 4.12. The number of hydrogen-bond acceptors (Lipinski definition) is 4. The molecule has 0 aromatic carbocycles. The molecule has 0 aliphatic carbocycles. The maximum atomic E-state index is 12.2.